The normalized spacial score (nSPS) is 27.2. The molecule has 0 bridgehead atoms. The number of nitrogens with two attached hydrogens (primary N) is 1. The fourth-order valence-electron chi connectivity index (χ4n) is 2.53. The van der Waals surface area contributed by atoms with Crippen molar-refractivity contribution in [2.75, 3.05) is 13.1 Å². The van der Waals surface area contributed by atoms with E-state index in [0.717, 1.165) is 32.4 Å². The lowest BCUT2D eigenvalue weighted by atomic mass is 9.93. The Labute approximate surface area is 111 Å². The number of amides is 1. The van der Waals surface area contributed by atoms with Gasteiger partial charge in [0.05, 0.1) is 6.04 Å². The van der Waals surface area contributed by atoms with Gasteiger partial charge in [-0.25, -0.2) is 0 Å². The highest BCUT2D eigenvalue weighted by Gasteiger charge is 2.29. The Morgan fingerprint density at radius 2 is 2.06 bits per heavy atom. The largest absolute Gasteiger partial charge is 0.352 e. The van der Waals surface area contributed by atoms with Crippen molar-refractivity contribution in [2.24, 2.45) is 11.7 Å². The van der Waals surface area contributed by atoms with Gasteiger partial charge in [-0.05, 0) is 32.1 Å². The molecule has 0 radical (unpaired) electrons. The summed E-state index contributed by atoms with van der Waals surface area (Å²) in [6.45, 7) is 10.3. The molecule has 1 amide bonds. The topological polar surface area (TPSA) is 58.4 Å². The molecule has 0 spiro atoms. The Balaban J connectivity index is 2.48. The minimum absolute atomic E-state index is 0.0412. The number of nitrogens with zero attached hydrogens (tertiary/aromatic N) is 1. The molecule has 0 aromatic carbocycles. The third kappa shape index (κ3) is 3.95. The van der Waals surface area contributed by atoms with E-state index in [-0.39, 0.29) is 18.0 Å². The van der Waals surface area contributed by atoms with Gasteiger partial charge in [0.2, 0.25) is 5.91 Å². The Morgan fingerprint density at radius 3 is 2.56 bits per heavy atom. The average Bonchev–Trinajstić information content (AvgIpc) is 2.38. The van der Waals surface area contributed by atoms with Crippen molar-refractivity contribution in [1.82, 2.24) is 10.2 Å². The van der Waals surface area contributed by atoms with Gasteiger partial charge in [0.15, 0.2) is 0 Å². The van der Waals surface area contributed by atoms with Crippen LogP contribution in [-0.4, -0.2) is 42.0 Å². The third-order valence-electron chi connectivity index (χ3n) is 4.26. The molecule has 3 N–H and O–H groups in total. The molecule has 1 fully saturated rings. The summed E-state index contributed by atoms with van der Waals surface area (Å²) in [5, 5.41) is 3.13. The number of hydrogen-bond donors (Lipinski definition) is 2. The van der Waals surface area contributed by atoms with Crippen LogP contribution in [0.25, 0.3) is 0 Å². The zero-order chi connectivity index (χ0) is 13.7. The van der Waals surface area contributed by atoms with Crippen LogP contribution in [0.3, 0.4) is 0 Å². The molecular weight excluding hydrogens is 226 g/mol. The molecule has 1 aliphatic rings. The molecular formula is C14H29N3O. The summed E-state index contributed by atoms with van der Waals surface area (Å²) in [6, 6.07) is 0.556. The molecule has 1 rings (SSSR count). The first-order valence-electron chi connectivity index (χ1n) is 7.29. The van der Waals surface area contributed by atoms with Crippen molar-refractivity contribution in [3.8, 4) is 0 Å². The zero-order valence-corrected chi connectivity index (χ0v) is 12.3. The van der Waals surface area contributed by atoms with E-state index >= 15 is 0 Å². The first-order valence-corrected chi connectivity index (χ1v) is 7.29. The molecule has 1 aliphatic heterocycles. The fourth-order valence-corrected chi connectivity index (χ4v) is 2.53. The van der Waals surface area contributed by atoms with Gasteiger partial charge in [-0.1, -0.05) is 20.8 Å². The van der Waals surface area contributed by atoms with Gasteiger partial charge in [0, 0.05) is 25.2 Å². The highest BCUT2D eigenvalue weighted by molar-refractivity contribution is 5.81. The summed E-state index contributed by atoms with van der Waals surface area (Å²) >= 11 is 0. The lowest BCUT2D eigenvalue weighted by molar-refractivity contribution is -0.127. The van der Waals surface area contributed by atoms with Gasteiger partial charge < -0.3 is 11.1 Å². The van der Waals surface area contributed by atoms with Crippen molar-refractivity contribution in [3.05, 3.63) is 0 Å². The minimum atomic E-state index is -0.0412. The Morgan fingerprint density at radius 1 is 1.44 bits per heavy atom. The van der Waals surface area contributed by atoms with Gasteiger partial charge in [0.1, 0.15) is 0 Å². The van der Waals surface area contributed by atoms with Crippen molar-refractivity contribution in [3.63, 3.8) is 0 Å². The van der Waals surface area contributed by atoms with E-state index in [9.17, 15) is 4.79 Å². The number of carbonyl (C=O) groups excluding carboxylic acids is 1. The first-order chi connectivity index (χ1) is 8.49. The number of nitrogens with one attached hydrogen (secondary N) is 1. The highest BCUT2D eigenvalue weighted by atomic mass is 16.2. The number of carbonyl (C=O) groups is 1. The smallest absolute Gasteiger partial charge is 0.237 e. The van der Waals surface area contributed by atoms with Crippen molar-refractivity contribution in [2.45, 2.75) is 65.1 Å². The van der Waals surface area contributed by atoms with E-state index in [0.29, 0.717) is 12.0 Å². The van der Waals surface area contributed by atoms with Crippen LogP contribution in [0.5, 0.6) is 0 Å². The quantitative estimate of drug-likeness (QED) is 0.779. The Kier molecular flexibility index (Phi) is 6.09. The van der Waals surface area contributed by atoms with Gasteiger partial charge in [-0.2, -0.15) is 0 Å². The van der Waals surface area contributed by atoms with Crippen LogP contribution < -0.4 is 11.1 Å². The maximum Gasteiger partial charge on any atom is 0.237 e. The maximum absolute atomic E-state index is 12.2. The van der Waals surface area contributed by atoms with Gasteiger partial charge in [0.25, 0.3) is 0 Å². The maximum atomic E-state index is 12.2. The Hall–Kier alpha value is -0.610. The lowest BCUT2D eigenvalue weighted by Crippen LogP contribution is -2.54. The molecule has 0 saturated carbocycles. The van der Waals surface area contributed by atoms with Crippen molar-refractivity contribution >= 4 is 5.91 Å². The zero-order valence-electron chi connectivity index (χ0n) is 12.3. The van der Waals surface area contributed by atoms with Crippen molar-refractivity contribution < 1.29 is 4.79 Å². The van der Waals surface area contributed by atoms with E-state index in [1.165, 1.54) is 0 Å². The number of hydrogen-bond acceptors (Lipinski definition) is 3. The van der Waals surface area contributed by atoms with Crippen LogP contribution in [0.15, 0.2) is 0 Å². The van der Waals surface area contributed by atoms with Crippen LogP contribution in [0.2, 0.25) is 0 Å². The summed E-state index contributed by atoms with van der Waals surface area (Å²) in [6.07, 6.45) is 2.98. The molecule has 4 nitrogen and oxygen atoms in total. The summed E-state index contributed by atoms with van der Waals surface area (Å²) in [7, 11) is 0. The van der Waals surface area contributed by atoms with Gasteiger partial charge in [-0.15, -0.1) is 0 Å². The molecule has 0 aromatic heterocycles. The first kappa shape index (κ1) is 15.4. The van der Waals surface area contributed by atoms with Crippen LogP contribution in [0.4, 0.5) is 0 Å². The molecule has 3 unspecified atom stereocenters. The Bertz CT molecular complexity index is 266. The lowest BCUT2D eigenvalue weighted by Gasteiger charge is -2.38. The minimum Gasteiger partial charge on any atom is -0.352 e. The van der Waals surface area contributed by atoms with E-state index in [4.69, 9.17) is 5.73 Å². The molecule has 106 valence electrons. The predicted octanol–water partition coefficient (Wildman–Crippen LogP) is 1.35. The standard InChI is InChI=1S/C14H29N3O/c1-5-12(6-2)16-14(18)11(4)17-8-7-13(15)10(3)9-17/h10-13H,5-9,15H2,1-4H3,(H,16,18). The number of piperidine rings is 1. The molecule has 0 aliphatic carbocycles. The SMILES string of the molecule is CCC(CC)NC(=O)C(C)N1CCC(N)C(C)C1. The summed E-state index contributed by atoms with van der Waals surface area (Å²) < 4.78 is 0. The van der Waals surface area contributed by atoms with Gasteiger partial charge in [-0.3, -0.25) is 9.69 Å². The molecule has 0 aromatic rings. The van der Waals surface area contributed by atoms with E-state index in [2.05, 4.69) is 31.0 Å². The molecule has 1 heterocycles. The van der Waals surface area contributed by atoms with Crippen LogP contribution in [0, 0.1) is 5.92 Å². The van der Waals surface area contributed by atoms with E-state index in [1.807, 2.05) is 6.92 Å². The summed E-state index contributed by atoms with van der Waals surface area (Å²) in [5.74, 6) is 0.633. The predicted molar refractivity (Wildman–Crippen MR) is 75.3 cm³/mol. The monoisotopic (exact) mass is 255 g/mol. The third-order valence-corrected chi connectivity index (χ3v) is 4.26. The van der Waals surface area contributed by atoms with E-state index < -0.39 is 0 Å². The van der Waals surface area contributed by atoms with Gasteiger partial charge >= 0.3 is 0 Å². The average molecular weight is 255 g/mol. The van der Waals surface area contributed by atoms with E-state index in [1.54, 1.807) is 0 Å². The summed E-state index contributed by atoms with van der Waals surface area (Å²) in [5.41, 5.74) is 6.01. The molecule has 3 atom stereocenters. The highest BCUT2D eigenvalue weighted by Crippen LogP contribution is 2.17. The number of likely N-dealkylation sites (tertiary alicyclic amines) is 1. The summed E-state index contributed by atoms with van der Waals surface area (Å²) in [4.78, 5) is 14.4. The fraction of sp³-hybridized carbons (Fsp3) is 0.929. The van der Waals surface area contributed by atoms with Crippen LogP contribution in [0.1, 0.15) is 47.0 Å². The second-order valence-corrected chi connectivity index (χ2v) is 5.62. The second-order valence-electron chi connectivity index (χ2n) is 5.62. The van der Waals surface area contributed by atoms with Crippen LogP contribution >= 0.6 is 0 Å². The molecule has 4 heteroatoms. The van der Waals surface area contributed by atoms with Crippen LogP contribution in [-0.2, 0) is 4.79 Å². The van der Waals surface area contributed by atoms with Crippen molar-refractivity contribution in [1.29, 1.82) is 0 Å². The second kappa shape index (κ2) is 7.10. The molecule has 1 saturated heterocycles. The molecule has 18 heavy (non-hydrogen) atoms. The number of rotatable bonds is 5.